The largest absolute Gasteiger partial charge is 0.508 e. The Hall–Kier alpha value is -2.30. The van der Waals surface area contributed by atoms with E-state index in [4.69, 9.17) is 0 Å². The number of aromatic hydroxyl groups is 1. The van der Waals surface area contributed by atoms with E-state index >= 15 is 0 Å². The molecule has 0 fully saturated rings. The van der Waals surface area contributed by atoms with Crippen LogP contribution in [-0.2, 0) is 6.54 Å². The molecule has 1 aromatic heterocycles. The fourth-order valence-electron chi connectivity index (χ4n) is 1.44. The van der Waals surface area contributed by atoms with E-state index in [2.05, 4.69) is 10.4 Å². The summed E-state index contributed by atoms with van der Waals surface area (Å²) in [5, 5.41) is 16.0. The number of anilines is 1. The molecule has 0 saturated heterocycles. The second kappa shape index (κ2) is 4.69. The predicted octanol–water partition coefficient (Wildman–Crippen LogP) is 1.86. The molecule has 5 nitrogen and oxygen atoms in total. The zero-order valence-electron chi connectivity index (χ0n) is 9.42. The molecule has 2 rings (SSSR count). The SMILES string of the molecule is CCn1ccc(C(=O)Nc2cccc(O)c2)n1. The molecule has 0 aliphatic rings. The molecule has 0 saturated carbocycles. The number of phenols is 1. The van der Waals surface area contributed by atoms with Crippen LogP contribution in [0.15, 0.2) is 36.5 Å². The zero-order chi connectivity index (χ0) is 12.3. The number of phenolic OH excluding ortho intramolecular Hbond substituents is 1. The lowest BCUT2D eigenvalue weighted by atomic mass is 10.3. The Morgan fingerprint density at radius 2 is 2.29 bits per heavy atom. The van der Waals surface area contributed by atoms with Gasteiger partial charge in [-0.05, 0) is 25.1 Å². The molecule has 2 N–H and O–H groups in total. The minimum absolute atomic E-state index is 0.113. The van der Waals surface area contributed by atoms with E-state index in [0.29, 0.717) is 11.4 Å². The molecular formula is C12H13N3O2. The van der Waals surface area contributed by atoms with E-state index in [1.54, 1.807) is 35.1 Å². The number of hydrogen-bond donors (Lipinski definition) is 2. The predicted molar refractivity (Wildman–Crippen MR) is 64.0 cm³/mol. The minimum Gasteiger partial charge on any atom is -0.508 e. The number of aromatic nitrogens is 2. The molecule has 0 unspecified atom stereocenters. The van der Waals surface area contributed by atoms with Crippen LogP contribution >= 0.6 is 0 Å². The Bertz CT molecular complexity index is 534. The number of hydrogen-bond acceptors (Lipinski definition) is 3. The molecule has 1 heterocycles. The van der Waals surface area contributed by atoms with Gasteiger partial charge in [0.1, 0.15) is 5.75 Å². The summed E-state index contributed by atoms with van der Waals surface area (Å²) in [4.78, 5) is 11.8. The van der Waals surface area contributed by atoms with Crippen molar-refractivity contribution in [1.29, 1.82) is 0 Å². The molecule has 0 aliphatic heterocycles. The summed E-state index contributed by atoms with van der Waals surface area (Å²) in [6.45, 7) is 2.67. The van der Waals surface area contributed by atoms with E-state index in [1.807, 2.05) is 6.92 Å². The van der Waals surface area contributed by atoms with E-state index in [1.165, 1.54) is 6.07 Å². The molecule has 0 radical (unpaired) electrons. The maximum atomic E-state index is 11.8. The molecule has 0 bridgehead atoms. The number of carbonyl (C=O) groups is 1. The van der Waals surface area contributed by atoms with E-state index in [-0.39, 0.29) is 11.7 Å². The number of amides is 1. The van der Waals surface area contributed by atoms with Gasteiger partial charge in [-0.1, -0.05) is 6.07 Å². The third kappa shape index (κ3) is 2.63. The van der Waals surface area contributed by atoms with Crippen LogP contribution in [0.5, 0.6) is 5.75 Å². The maximum absolute atomic E-state index is 11.8. The van der Waals surface area contributed by atoms with Crippen molar-refractivity contribution in [2.75, 3.05) is 5.32 Å². The lowest BCUT2D eigenvalue weighted by Crippen LogP contribution is -2.13. The quantitative estimate of drug-likeness (QED) is 0.847. The Kier molecular flexibility index (Phi) is 3.09. The second-order valence-corrected chi connectivity index (χ2v) is 3.56. The number of carbonyl (C=O) groups excluding carboxylic acids is 1. The monoisotopic (exact) mass is 231 g/mol. The molecule has 88 valence electrons. The molecule has 5 heteroatoms. The highest BCUT2D eigenvalue weighted by molar-refractivity contribution is 6.02. The Morgan fingerprint density at radius 3 is 2.94 bits per heavy atom. The van der Waals surface area contributed by atoms with Gasteiger partial charge in [0, 0.05) is 24.5 Å². The normalized spacial score (nSPS) is 10.2. The molecule has 1 amide bonds. The van der Waals surface area contributed by atoms with Crippen molar-refractivity contribution >= 4 is 11.6 Å². The van der Waals surface area contributed by atoms with Gasteiger partial charge in [0.2, 0.25) is 0 Å². The Morgan fingerprint density at radius 1 is 1.47 bits per heavy atom. The summed E-state index contributed by atoms with van der Waals surface area (Å²) in [7, 11) is 0. The van der Waals surface area contributed by atoms with Gasteiger partial charge in [0.25, 0.3) is 5.91 Å². The third-order valence-electron chi connectivity index (χ3n) is 2.30. The molecular weight excluding hydrogens is 218 g/mol. The summed E-state index contributed by atoms with van der Waals surface area (Å²) in [5.41, 5.74) is 0.899. The van der Waals surface area contributed by atoms with Crippen molar-refractivity contribution in [3.05, 3.63) is 42.2 Å². The van der Waals surface area contributed by atoms with Gasteiger partial charge in [-0.3, -0.25) is 9.48 Å². The molecule has 0 aliphatic carbocycles. The lowest BCUT2D eigenvalue weighted by molar-refractivity contribution is 0.102. The van der Waals surface area contributed by atoms with E-state index in [9.17, 15) is 9.90 Å². The highest BCUT2D eigenvalue weighted by Gasteiger charge is 2.09. The second-order valence-electron chi connectivity index (χ2n) is 3.56. The first-order valence-corrected chi connectivity index (χ1v) is 5.33. The highest BCUT2D eigenvalue weighted by Crippen LogP contribution is 2.15. The van der Waals surface area contributed by atoms with Gasteiger partial charge in [0.05, 0.1) is 0 Å². The average molecular weight is 231 g/mol. The smallest absolute Gasteiger partial charge is 0.276 e. The van der Waals surface area contributed by atoms with Crippen molar-refractivity contribution < 1.29 is 9.90 Å². The number of nitrogens with zero attached hydrogens (tertiary/aromatic N) is 2. The van der Waals surface area contributed by atoms with E-state index in [0.717, 1.165) is 6.54 Å². The maximum Gasteiger partial charge on any atom is 0.276 e. The van der Waals surface area contributed by atoms with Crippen LogP contribution in [0.4, 0.5) is 5.69 Å². The van der Waals surface area contributed by atoms with Crippen LogP contribution in [0.3, 0.4) is 0 Å². The number of benzene rings is 1. The van der Waals surface area contributed by atoms with Gasteiger partial charge in [-0.2, -0.15) is 5.10 Å². The first-order valence-electron chi connectivity index (χ1n) is 5.33. The number of aryl methyl sites for hydroxylation is 1. The molecule has 2 aromatic rings. The summed E-state index contributed by atoms with van der Waals surface area (Å²) in [5.74, 6) is -0.176. The van der Waals surface area contributed by atoms with Crippen LogP contribution in [0.2, 0.25) is 0 Å². The standard InChI is InChI=1S/C12H13N3O2/c1-2-15-7-6-11(14-15)12(17)13-9-4-3-5-10(16)8-9/h3-8,16H,2H2,1H3,(H,13,17). The highest BCUT2D eigenvalue weighted by atomic mass is 16.3. The summed E-state index contributed by atoms with van der Waals surface area (Å²) in [6.07, 6.45) is 1.75. The van der Waals surface area contributed by atoms with Crippen molar-refractivity contribution in [3.63, 3.8) is 0 Å². The van der Waals surface area contributed by atoms with Crippen LogP contribution in [0.25, 0.3) is 0 Å². The van der Waals surface area contributed by atoms with Gasteiger partial charge in [0.15, 0.2) is 5.69 Å². The topological polar surface area (TPSA) is 67.2 Å². The first-order chi connectivity index (χ1) is 8.19. The summed E-state index contributed by atoms with van der Waals surface area (Å²) < 4.78 is 1.68. The molecule has 17 heavy (non-hydrogen) atoms. The fraction of sp³-hybridized carbons (Fsp3) is 0.167. The number of rotatable bonds is 3. The first kappa shape index (κ1) is 11.2. The Balaban J connectivity index is 2.11. The molecule has 1 aromatic carbocycles. The summed E-state index contributed by atoms with van der Waals surface area (Å²) >= 11 is 0. The van der Waals surface area contributed by atoms with Gasteiger partial charge in [-0.15, -0.1) is 0 Å². The Labute approximate surface area is 98.7 Å². The fourth-order valence-corrected chi connectivity index (χ4v) is 1.44. The number of nitrogens with one attached hydrogen (secondary N) is 1. The van der Waals surface area contributed by atoms with Crippen molar-refractivity contribution in [2.45, 2.75) is 13.5 Å². The minimum atomic E-state index is -0.289. The van der Waals surface area contributed by atoms with Crippen molar-refractivity contribution in [1.82, 2.24) is 9.78 Å². The van der Waals surface area contributed by atoms with Crippen LogP contribution < -0.4 is 5.32 Å². The van der Waals surface area contributed by atoms with E-state index < -0.39 is 0 Å². The van der Waals surface area contributed by atoms with Gasteiger partial charge in [-0.25, -0.2) is 0 Å². The third-order valence-corrected chi connectivity index (χ3v) is 2.30. The van der Waals surface area contributed by atoms with Crippen LogP contribution in [0.1, 0.15) is 17.4 Å². The van der Waals surface area contributed by atoms with Crippen LogP contribution in [0, 0.1) is 0 Å². The van der Waals surface area contributed by atoms with Gasteiger partial charge >= 0.3 is 0 Å². The lowest BCUT2D eigenvalue weighted by Gasteiger charge is -2.03. The average Bonchev–Trinajstić information content (AvgIpc) is 2.77. The molecule has 0 spiro atoms. The molecule has 0 atom stereocenters. The zero-order valence-corrected chi connectivity index (χ0v) is 9.42. The van der Waals surface area contributed by atoms with Crippen LogP contribution in [-0.4, -0.2) is 20.8 Å². The summed E-state index contributed by atoms with van der Waals surface area (Å²) in [6, 6.07) is 8.04. The van der Waals surface area contributed by atoms with Crippen molar-refractivity contribution in [2.24, 2.45) is 0 Å². The van der Waals surface area contributed by atoms with Crippen molar-refractivity contribution in [3.8, 4) is 5.75 Å². The van der Waals surface area contributed by atoms with Gasteiger partial charge < -0.3 is 10.4 Å².